The van der Waals surface area contributed by atoms with Crippen molar-refractivity contribution in [1.29, 1.82) is 0 Å². The van der Waals surface area contributed by atoms with Gasteiger partial charge in [-0.05, 0) is 25.7 Å². The van der Waals surface area contributed by atoms with Crippen LogP contribution in [0.1, 0.15) is 19.8 Å². The molecule has 0 saturated carbocycles. The van der Waals surface area contributed by atoms with Crippen molar-refractivity contribution in [2.45, 2.75) is 25.8 Å². The van der Waals surface area contributed by atoms with Crippen molar-refractivity contribution in [3.63, 3.8) is 0 Å². The third kappa shape index (κ3) is 5.80. The second kappa shape index (κ2) is 8.93. The molecule has 1 rings (SSSR count). The summed E-state index contributed by atoms with van der Waals surface area (Å²) in [5, 5.41) is 3.48. The van der Waals surface area contributed by atoms with E-state index >= 15 is 0 Å². The molecular weight excluding hydrogens is 206 g/mol. The third-order valence-electron chi connectivity index (χ3n) is 3.02. The van der Waals surface area contributed by atoms with Crippen LogP contribution in [-0.4, -0.2) is 52.7 Å². The van der Waals surface area contributed by atoms with Gasteiger partial charge >= 0.3 is 0 Å². The van der Waals surface area contributed by atoms with Gasteiger partial charge in [-0.1, -0.05) is 0 Å². The monoisotopic (exact) mass is 231 g/mol. The predicted molar refractivity (Wildman–Crippen MR) is 63.7 cm³/mol. The molecule has 0 amide bonds. The molecular formula is C12H25NO3. The first-order chi connectivity index (χ1) is 7.84. The Labute approximate surface area is 98.6 Å². The Morgan fingerprint density at radius 1 is 1.38 bits per heavy atom. The lowest BCUT2D eigenvalue weighted by atomic mass is 10.0. The predicted octanol–water partition coefficient (Wildman–Crippen LogP) is 1.05. The van der Waals surface area contributed by atoms with E-state index < -0.39 is 0 Å². The maximum Gasteiger partial charge on any atom is 0.0591 e. The van der Waals surface area contributed by atoms with Crippen molar-refractivity contribution in [1.82, 2.24) is 5.32 Å². The normalized spacial score (nSPS) is 22.5. The van der Waals surface area contributed by atoms with Gasteiger partial charge in [0.1, 0.15) is 0 Å². The highest BCUT2D eigenvalue weighted by Crippen LogP contribution is 2.15. The standard InChI is InChI=1S/C12H25NO3/c1-11(12-4-8-16-10-12)13-5-9-15-7-3-6-14-2/h11-13H,3-10H2,1-2H3. The van der Waals surface area contributed by atoms with E-state index in [1.165, 1.54) is 6.42 Å². The molecule has 16 heavy (non-hydrogen) atoms. The van der Waals surface area contributed by atoms with Gasteiger partial charge in [-0.15, -0.1) is 0 Å². The molecule has 0 aromatic carbocycles. The molecule has 0 spiro atoms. The number of hydrogen-bond donors (Lipinski definition) is 1. The van der Waals surface area contributed by atoms with Crippen molar-refractivity contribution in [3.8, 4) is 0 Å². The van der Waals surface area contributed by atoms with Crippen molar-refractivity contribution >= 4 is 0 Å². The van der Waals surface area contributed by atoms with Crippen LogP contribution in [0.2, 0.25) is 0 Å². The molecule has 2 unspecified atom stereocenters. The Kier molecular flexibility index (Phi) is 7.76. The van der Waals surface area contributed by atoms with Gasteiger partial charge in [-0.3, -0.25) is 0 Å². The molecule has 2 atom stereocenters. The van der Waals surface area contributed by atoms with E-state index in [1.54, 1.807) is 7.11 Å². The largest absolute Gasteiger partial charge is 0.385 e. The summed E-state index contributed by atoms with van der Waals surface area (Å²) >= 11 is 0. The van der Waals surface area contributed by atoms with Crippen LogP contribution in [0.15, 0.2) is 0 Å². The summed E-state index contributed by atoms with van der Waals surface area (Å²) in [6.07, 6.45) is 2.16. The van der Waals surface area contributed by atoms with E-state index in [1.807, 2.05) is 0 Å². The minimum atomic E-state index is 0.532. The SMILES string of the molecule is COCCCOCCNC(C)C1CCOC1. The van der Waals surface area contributed by atoms with Gasteiger partial charge in [-0.25, -0.2) is 0 Å². The minimum absolute atomic E-state index is 0.532. The van der Waals surface area contributed by atoms with Crippen LogP contribution >= 0.6 is 0 Å². The second-order valence-corrected chi connectivity index (χ2v) is 4.33. The van der Waals surface area contributed by atoms with Gasteiger partial charge in [0, 0.05) is 39.5 Å². The second-order valence-electron chi connectivity index (χ2n) is 4.33. The van der Waals surface area contributed by atoms with Crippen LogP contribution in [0.4, 0.5) is 0 Å². The fraction of sp³-hybridized carbons (Fsp3) is 1.00. The highest BCUT2D eigenvalue weighted by Gasteiger charge is 2.21. The van der Waals surface area contributed by atoms with Crippen LogP contribution < -0.4 is 5.32 Å². The zero-order chi connectivity index (χ0) is 11.6. The summed E-state index contributed by atoms with van der Waals surface area (Å²) in [7, 11) is 1.72. The number of ether oxygens (including phenoxy) is 3. The van der Waals surface area contributed by atoms with Crippen molar-refractivity contribution < 1.29 is 14.2 Å². The fourth-order valence-electron chi connectivity index (χ4n) is 1.88. The Hall–Kier alpha value is -0.160. The van der Waals surface area contributed by atoms with Crippen LogP contribution in [0.3, 0.4) is 0 Å². The van der Waals surface area contributed by atoms with Gasteiger partial charge in [0.15, 0.2) is 0 Å². The summed E-state index contributed by atoms with van der Waals surface area (Å²) < 4.78 is 15.8. The number of hydrogen-bond acceptors (Lipinski definition) is 4. The molecule has 0 aromatic rings. The minimum Gasteiger partial charge on any atom is -0.385 e. The molecule has 0 bridgehead atoms. The maximum absolute atomic E-state index is 5.48. The summed E-state index contributed by atoms with van der Waals surface area (Å²) in [6.45, 7) is 7.32. The average molecular weight is 231 g/mol. The molecule has 1 saturated heterocycles. The van der Waals surface area contributed by atoms with E-state index in [-0.39, 0.29) is 0 Å². The van der Waals surface area contributed by atoms with Crippen LogP contribution in [0.5, 0.6) is 0 Å². The first-order valence-corrected chi connectivity index (χ1v) is 6.22. The molecule has 1 heterocycles. The molecule has 1 fully saturated rings. The summed E-state index contributed by atoms with van der Waals surface area (Å²) in [4.78, 5) is 0. The Bertz CT molecular complexity index is 160. The average Bonchev–Trinajstić information content (AvgIpc) is 2.81. The summed E-state index contributed by atoms with van der Waals surface area (Å²) in [5.74, 6) is 0.675. The summed E-state index contributed by atoms with van der Waals surface area (Å²) in [5.41, 5.74) is 0. The Morgan fingerprint density at radius 2 is 2.25 bits per heavy atom. The lowest BCUT2D eigenvalue weighted by molar-refractivity contribution is 0.101. The smallest absolute Gasteiger partial charge is 0.0591 e. The van der Waals surface area contributed by atoms with Crippen molar-refractivity contribution in [2.24, 2.45) is 5.92 Å². The van der Waals surface area contributed by atoms with Crippen molar-refractivity contribution in [2.75, 3.05) is 46.7 Å². The fourth-order valence-corrected chi connectivity index (χ4v) is 1.88. The van der Waals surface area contributed by atoms with E-state index in [4.69, 9.17) is 14.2 Å². The number of nitrogens with one attached hydrogen (secondary N) is 1. The zero-order valence-corrected chi connectivity index (χ0v) is 10.5. The van der Waals surface area contributed by atoms with E-state index in [9.17, 15) is 0 Å². The first kappa shape index (κ1) is 13.9. The van der Waals surface area contributed by atoms with Gasteiger partial charge in [0.25, 0.3) is 0 Å². The molecule has 96 valence electrons. The molecule has 0 aliphatic carbocycles. The Balaban J connectivity index is 1.86. The van der Waals surface area contributed by atoms with E-state index in [2.05, 4.69) is 12.2 Å². The lowest BCUT2D eigenvalue weighted by Gasteiger charge is -2.19. The van der Waals surface area contributed by atoms with Crippen molar-refractivity contribution in [3.05, 3.63) is 0 Å². The van der Waals surface area contributed by atoms with Crippen LogP contribution in [0, 0.1) is 5.92 Å². The summed E-state index contributed by atoms with van der Waals surface area (Å²) in [6, 6.07) is 0.532. The quantitative estimate of drug-likeness (QED) is 0.602. The zero-order valence-electron chi connectivity index (χ0n) is 10.5. The highest BCUT2D eigenvalue weighted by molar-refractivity contribution is 4.75. The number of rotatable bonds is 9. The lowest BCUT2D eigenvalue weighted by Crippen LogP contribution is -2.36. The molecule has 1 aliphatic heterocycles. The third-order valence-corrected chi connectivity index (χ3v) is 3.02. The topological polar surface area (TPSA) is 39.7 Å². The van der Waals surface area contributed by atoms with E-state index in [0.717, 1.165) is 46.0 Å². The Morgan fingerprint density at radius 3 is 2.94 bits per heavy atom. The number of methoxy groups -OCH3 is 1. The van der Waals surface area contributed by atoms with Gasteiger partial charge < -0.3 is 19.5 Å². The highest BCUT2D eigenvalue weighted by atomic mass is 16.5. The van der Waals surface area contributed by atoms with Crippen LogP contribution in [0.25, 0.3) is 0 Å². The first-order valence-electron chi connectivity index (χ1n) is 6.22. The van der Waals surface area contributed by atoms with Gasteiger partial charge in [-0.2, -0.15) is 0 Å². The maximum atomic E-state index is 5.48. The van der Waals surface area contributed by atoms with Gasteiger partial charge in [0.05, 0.1) is 13.2 Å². The molecule has 0 aromatic heterocycles. The molecule has 1 aliphatic rings. The van der Waals surface area contributed by atoms with Gasteiger partial charge in [0.2, 0.25) is 0 Å². The molecule has 0 radical (unpaired) electrons. The van der Waals surface area contributed by atoms with E-state index in [0.29, 0.717) is 12.0 Å². The van der Waals surface area contributed by atoms with Crippen LogP contribution in [-0.2, 0) is 14.2 Å². The molecule has 1 N–H and O–H groups in total. The molecule has 4 heteroatoms. The molecule has 4 nitrogen and oxygen atoms in total.